The molecule has 0 bridgehead atoms. The normalized spacial score (nSPS) is 10.2. The highest BCUT2D eigenvalue weighted by molar-refractivity contribution is 6.31. The minimum atomic E-state index is -0.760. The van der Waals surface area contributed by atoms with E-state index < -0.39 is 10.8 Å². The highest BCUT2D eigenvalue weighted by Gasteiger charge is 2.19. The first-order chi connectivity index (χ1) is 9.88. The van der Waals surface area contributed by atoms with E-state index in [1.807, 2.05) is 0 Å². The molecule has 0 aliphatic rings. The lowest BCUT2D eigenvalue weighted by Gasteiger charge is -2.10. The van der Waals surface area contributed by atoms with Gasteiger partial charge in [0.1, 0.15) is 5.75 Å². The van der Waals surface area contributed by atoms with Gasteiger partial charge in [-0.15, -0.1) is 0 Å². The number of amides is 1. The van der Waals surface area contributed by atoms with Crippen LogP contribution in [0.2, 0.25) is 10.0 Å². The number of nitrogens with two attached hydrogens (primary N) is 1. The first-order valence-electron chi connectivity index (χ1n) is 5.59. The molecule has 6 nitrogen and oxygen atoms in total. The van der Waals surface area contributed by atoms with Crippen LogP contribution in [0.5, 0.6) is 11.5 Å². The van der Waals surface area contributed by atoms with Crippen molar-refractivity contribution in [1.29, 1.82) is 0 Å². The van der Waals surface area contributed by atoms with Crippen LogP contribution in [-0.2, 0) is 0 Å². The molecule has 2 rings (SSSR count). The van der Waals surface area contributed by atoms with Crippen molar-refractivity contribution < 1.29 is 14.5 Å². The van der Waals surface area contributed by atoms with Crippen molar-refractivity contribution in [2.45, 2.75) is 0 Å². The van der Waals surface area contributed by atoms with Gasteiger partial charge >= 0.3 is 5.69 Å². The third-order valence-corrected chi connectivity index (χ3v) is 3.01. The number of nitro groups is 1. The summed E-state index contributed by atoms with van der Waals surface area (Å²) >= 11 is 11.5. The molecule has 0 fully saturated rings. The van der Waals surface area contributed by atoms with Crippen LogP contribution in [0.4, 0.5) is 5.69 Å². The summed E-state index contributed by atoms with van der Waals surface area (Å²) in [6.45, 7) is 0. The fraction of sp³-hybridized carbons (Fsp3) is 0. The average Bonchev–Trinajstić information content (AvgIpc) is 2.42. The van der Waals surface area contributed by atoms with Gasteiger partial charge in [0.2, 0.25) is 5.75 Å². The molecule has 0 saturated heterocycles. The maximum absolute atomic E-state index is 11.4. The molecule has 0 atom stereocenters. The number of hydrogen-bond donors (Lipinski definition) is 1. The molecule has 0 aromatic heterocycles. The van der Waals surface area contributed by atoms with E-state index >= 15 is 0 Å². The third-order valence-electron chi connectivity index (χ3n) is 2.54. The quantitative estimate of drug-likeness (QED) is 0.682. The Hall–Kier alpha value is -2.31. The van der Waals surface area contributed by atoms with Crippen molar-refractivity contribution in [2.75, 3.05) is 0 Å². The number of benzene rings is 2. The van der Waals surface area contributed by atoms with Crippen molar-refractivity contribution in [1.82, 2.24) is 0 Å². The van der Waals surface area contributed by atoms with Crippen LogP contribution in [0.1, 0.15) is 10.4 Å². The Labute approximate surface area is 129 Å². The van der Waals surface area contributed by atoms with E-state index in [2.05, 4.69) is 0 Å². The van der Waals surface area contributed by atoms with Crippen molar-refractivity contribution in [3.05, 3.63) is 62.1 Å². The van der Waals surface area contributed by atoms with E-state index in [9.17, 15) is 14.9 Å². The molecule has 0 unspecified atom stereocenters. The Balaban J connectivity index is 2.48. The number of rotatable bonds is 4. The lowest BCUT2D eigenvalue weighted by atomic mass is 10.2. The zero-order valence-electron chi connectivity index (χ0n) is 10.4. The summed E-state index contributed by atoms with van der Waals surface area (Å²) in [6.07, 6.45) is 0. The van der Waals surface area contributed by atoms with Crippen molar-refractivity contribution in [3.63, 3.8) is 0 Å². The molecular weight excluding hydrogens is 319 g/mol. The lowest BCUT2D eigenvalue weighted by molar-refractivity contribution is -0.385. The zero-order valence-corrected chi connectivity index (χ0v) is 11.9. The van der Waals surface area contributed by atoms with Crippen molar-refractivity contribution in [3.8, 4) is 11.5 Å². The highest BCUT2D eigenvalue weighted by Crippen LogP contribution is 2.35. The van der Waals surface area contributed by atoms with Gasteiger partial charge in [0.25, 0.3) is 5.91 Å². The van der Waals surface area contributed by atoms with Crippen LogP contribution in [0.25, 0.3) is 0 Å². The van der Waals surface area contributed by atoms with Gasteiger partial charge in [0.15, 0.2) is 0 Å². The number of nitro benzene ring substituents is 1. The number of carbonyl (C=O) groups excluding carboxylic acids is 1. The summed E-state index contributed by atoms with van der Waals surface area (Å²) in [7, 11) is 0. The Morgan fingerprint density at radius 3 is 2.24 bits per heavy atom. The summed E-state index contributed by atoms with van der Waals surface area (Å²) < 4.78 is 5.41. The first-order valence-corrected chi connectivity index (χ1v) is 6.35. The summed E-state index contributed by atoms with van der Waals surface area (Å²) in [6, 6.07) is 8.12. The van der Waals surface area contributed by atoms with Crippen molar-refractivity contribution >= 4 is 34.8 Å². The topological polar surface area (TPSA) is 95.5 Å². The maximum atomic E-state index is 11.4. The number of halogens is 2. The molecule has 2 aromatic carbocycles. The van der Waals surface area contributed by atoms with Crippen LogP contribution in [-0.4, -0.2) is 10.8 Å². The SMILES string of the molecule is NC(=O)c1cc(Cl)ccc1Oc1ccc(Cl)cc1[N+](=O)[O-]. The van der Waals surface area contributed by atoms with Gasteiger partial charge in [0, 0.05) is 16.1 Å². The number of carbonyl (C=O) groups is 1. The minimum Gasteiger partial charge on any atom is -0.449 e. The summed E-state index contributed by atoms with van der Waals surface area (Å²) in [4.78, 5) is 21.7. The van der Waals surface area contributed by atoms with Crippen LogP contribution < -0.4 is 10.5 Å². The molecule has 0 aliphatic carbocycles. The van der Waals surface area contributed by atoms with E-state index in [4.69, 9.17) is 33.7 Å². The Bertz CT molecular complexity index is 673. The number of nitrogens with zero attached hydrogens (tertiary/aromatic N) is 1. The summed E-state index contributed by atoms with van der Waals surface area (Å²) in [5, 5.41) is 11.5. The fourth-order valence-corrected chi connectivity index (χ4v) is 1.96. The molecule has 0 spiro atoms. The second-order valence-corrected chi connectivity index (χ2v) is 4.85. The molecule has 0 aliphatic heterocycles. The molecule has 2 aromatic rings. The lowest BCUT2D eigenvalue weighted by Crippen LogP contribution is -2.12. The Morgan fingerprint density at radius 2 is 1.67 bits per heavy atom. The van der Waals surface area contributed by atoms with Gasteiger partial charge in [0.05, 0.1) is 10.5 Å². The molecule has 0 saturated carbocycles. The zero-order chi connectivity index (χ0) is 15.6. The van der Waals surface area contributed by atoms with Gasteiger partial charge < -0.3 is 10.5 Å². The smallest absolute Gasteiger partial charge is 0.313 e. The van der Waals surface area contributed by atoms with Gasteiger partial charge in [-0.3, -0.25) is 14.9 Å². The van der Waals surface area contributed by atoms with Crippen LogP contribution >= 0.6 is 23.2 Å². The fourth-order valence-electron chi connectivity index (χ4n) is 1.62. The van der Waals surface area contributed by atoms with E-state index in [1.165, 1.54) is 30.3 Å². The van der Waals surface area contributed by atoms with Gasteiger partial charge in [-0.05, 0) is 30.3 Å². The molecule has 2 N–H and O–H groups in total. The molecule has 1 amide bonds. The summed E-state index contributed by atoms with van der Waals surface area (Å²) in [5.74, 6) is -0.754. The van der Waals surface area contributed by atoms with E-state index in [1.54, 1.807) is 0 Å². The van der Waals surface area contributed by atoms with Gasteiger partial charge in [-0.1, -0.05) is 23.2 Å². The van der Waals surface area contributed by atoms with E-state index in [0.29, 0.717) is 5.02 Å². The largest absolute Gasteiger partial charge is 0.449 e. The van der Waals surface area contributed by atoms with Crippen LogP contribution in [0.3, 0.4) is 0 Å². The predicted octanol–water partition coefficient (Wildman–Crippen LogP) is 3.79. The molecule has 108 valence electrons. The second-order valence-electron chi connectivity index (χ2n) is 3.98. The molecular formula is C13H8Cl2N2O4. The Morgan fingerprint density at radius 1 is 1.10 bits per heavy atom. The average molecular weight is 327 g/mol. The maximum Gasteiger partial charge on any atom is 0.313 e. The number of ether oxygens (including phenoxy) is 1. The van der Waals surface area contributed by atoms with Crippen LogP contribution in [0, 0.1) is 10.1 Å². The molecule has 21 heavy (non-hydrogen) atoms. The van der Waals surface area contributed by atoms with Gasteiger partial charge in [-0.2, -0.15) is 0 Å². The third kappa shape index (κ3) is 3.42. The van der Waals surface area contributed by atoms with E-state index in [-0.39, 0.29) is 27.8 Å². The predicted molar refractivity (Wildman–Crippen MR) is 78.2 cm³/mol. The minimum absolute atomic E-state index is 0.0201. The second kappa shape index (κ2) is 5.99. The van der Waals surface area contributed by atoms with Crippen molar-refractivity contribution in [2.24, 2.45) is 5.73 Å². The number of hydrogen-bond acceptors (Lipinski definition) is 4. The molecule has 0 radical (unpaired) electrons. The standard InChI is InChI=1S/C13H8Cl2N2O4/c14-7-1-3-11(9(5-7)13(16)18)21-12-4-2-8(15)6-10(12)17(19)20/h1-6H,(H2,16,18). The van der Waals surface area contributed by atoms with Crippen LogP contribution in [0.15, 0.2) is 36.4 Å². The monoisotopic (exact) mass is 326 g/mol. The first kappa shape index (κ1) is 15.1. The van der Waals surface area contributed by atoms with Gasteiger partial charge in [-0.25, -0.2) is 0 Å². The molecule has 8 heteroatoms. The summed E-state index contributed by atoms with van der Waals surface area (Å²) in [5.41, 5.74) is 4.92. The molecule has 0 heterocycles. The van der Waals surface area contributed by atoms with E-state index in [0.717, 1.165) is 6.07 Å². The number of primary amides is 1. The Kier molecular flexibility index (Phi) is 4.30. The highest BCUT2D eigenvalue weighted by atomic mass is 35.5.